The van der Waals surface area contributed by atoms with E-state index in [0.29, 0.717) is 17.3 Å². The Balaban J connectivity index is 1.85. The lowest BCUT2D eigenvalue weighted by atomic mass is 10.1. The second-order valence-corrected chi connectivity index (χ2v) is 5.87. The number of nitrogens with one attached hydrogen (secondary N) is 2. The molecule has 1 aromatic carbocycles. The number of nitrogens with zero attached hydrogens (tertiary/aromatic N) is 1. The Morgan fingerprint density at radius 1 is 1.35 bits per heavy atom. The first-order valence-electron chi connectivity index (χ1n) is 6.48. The van der Waals surface area contributed by atoms with E-state index in [1.165, 1.54) is 0 Å². The molecule has 5 heteroatoms. The second kappa shape index (κ2) is 5.09. The number of carbonyl (C=O) groups is 1. The van der Waals surface area contributed by atoms with Crippen LogP contribution >= 0.6 is 11.3 Å². The predicted molar refractivity (Wildman–Crippen MR) is 82.5 cm³/mol. The van der Waals surface area contributed by atoms with E-state index >= 15 is 0 Å². The van der Waals surface area contributed by atoms with Crippen molar-refractivity contribution < 1.29 is 4.79 Å². The SMILES string of the molecule is CC(C)c1cc(NC(=O)c2csc3ccccc23)n[nH]1. The molecule has 0 bridgehead atoms. The highest BCUT2D eigenvalue weighted by Gasteiger charge is 2.13. The third kappa shape index (κ3) is 2.32. The van der Waals surface area contributed by atoms with E-state index in [2.05, 4.69) is 29.4 Å². The van der Waals surface area contributed by atoms with Crippen LogP contribution in [-0.4, -0.2) is 16.1 Å². The maximum absolute atomic E-state index is 12.3. The standard InChI is InChI=1S/C15H15N3OS/c1-9(2)12-7-14(18-17-12)16-15(19)11-8-20-13-6-4-3-5-10(11)13/h3-9H,1-2H3,(H2,16,17,18,19). The first kappa shape index (κ1) is 12.9. The van der Waals surface area contributed by atoms with E-state index < -0.39 is 0 Å². The molecule has 2 aromatic heterocycles. The minimum Gasteiger partial charge on any atom is -0.305 e. The zero-order chi connectivity index (χ0) is 14.1. The zero-order valence-electron chi connectivity index (χ0n) is 11.3. The van der Waals surface area contributed by atoms with Crippen LogP contribution in [0.1, 0.15) is 35.8 Å². The lowest BCUT2D eigenvalue weighted by Gasteiger charge is -2.00. The van der Waals surface area contributed by atoms with Crippen molar-refractivity contribution in [3.05, 3.63) is 47.0 Å². The van der Waals surface area contributed by atoms with Crippen molar-refractivity contribution in [2.24, 2.45) is 0 Å². The van der Waals surface area contributed by atoms with Crippen LogP contribution in [0.5, 0.6) is 0 Å². The van der Waals surface area contributed by atoms with Gasteiger partial charge in [-0.15, -0.1) is 11.3 Å². The van der Waals surface area contributed by atoms with Crippen molar-refractivity contribution in [1.29, 1.82) is 0 Å². The molecule has 102 valence electrons. The maximum Gasteiger partial charge on any atom is 0.258 e. The average Bonchev–Trinajstić information content (AvgIpc) is 3.04. The number of aromatic nitrogens is 2. The van der Waals surface area contributed by atoms with Gasteiger partial charge in [-0.2, -0.15) is 5.10 Å². The summed E-state index contributed by atoms with van der Waals surface area (Å²) < 4.78 is 1.11. The van der Waals surface area contributed by atoms with Crippen molar-refractivity contribution >= 4 is 33.1 Å². The Kier molecular flexibility index (Phi) is 3.28. The number of carbonyl (C=O) groups excluding carboxylic acids is 1. The van der Waals surface area contributed by atoms with Gasteiger partial charge in [0.05, 0.1) is 5.56 Å². The van der Waals surface area contributed by atoms with E-state index in [9.17, 15) is 4.79 Å². The number of hydrogen-bond acceptors (Lipinski definition) is 3. The smallest absolute Gasteiger partial charge is 0.258 e. The monoisotopic (exact) mass is 285 g/mol. The summed E-state index contributed by atoms with van der Waals surface area (Å²) in [5, 5.41) is 12.7. The molecule has 0 saturated carbocycles. The topological polar surface area (TPSA) is 57.8 Å². The zero-order valence-corrected chi connectivity index (χ0v) is 12.1. The molecule has 2 N–H and O–H groups in total. The minimum absolute atomic E-state index is 0.121. The number of aromatic amines is 1. The molecule has 0 atom stereocenters. The van der Waals surface area contributed by atoms with Crippen LogP contribution in [0.4, 0.5) is 5.82 Å². The molecular weight excluding hydrogens is 270 g/mol. The Labute approximate surface area is 120 Å². The molecule has 0 aliphatic rings. The molecule has 20 heavy (non-hydrogen) atoms. The second-order valence-electron chi connectivity index (χ2n) is 4.96. The van der Waals surface area contributed by atoms with E-state index in [-0.39, 0.29) is 5.91 Å². The number of fused-ring (bicyclic) bond motifs is 1. The molecule has 4 nitrogen and oxygen atoms in total. The largest absolute Gasteiger partial charge is 0.305 e. The van der Waals surface area contributed by atoms with Crippen molar-refractivity contribution in [1.82, 2.24) is 10.2 Å². The van der Waals surface area contributed by atoms with Crippen LogP contribution in [-0.2, 0) is 0 Å². The number of thiophene rings is 1. The number of hydrogen-bond donors (Lipinski definition) is 2. The summed E-state index contributed by atoms with van der Waals surface area (Å²) >= 11 is 1.57. The Bertz CT molecular complexity index is 757. The Hall–Kier alpha value is -2.14. The molecule has 0 aliphatic heterocycles. The molecule has 0 fully saturated rings. The fraction of sp³-hybridized carbons (Fsp3) is 0.200. The number of H-pyrrole nitrogens is 1. The van der Waals surface area contributed by atoms with Crippen molar-refractivity contribution in [2.45, 2.75) is 19.8 Å². The van der Waals surface area contributed by atoms with Gasteiger partial charge in [-0.3, -0.25) is 9.89 Å². The molecule has 0 unspecified atom stereocenters. The molecule has 3 aromatic rings. The highest BCUT2D eigenvalue weighted by atomic mass is 32.1. The number of rotatable bonds is 3. The van der Waals surface area contributed by atoms with Crippen LogP contribution in [0.15, 0.2) is 35.7 Å². The van der Waals surface area contributed by atoms with Crippen molar-refractivity contribution in [3.8, 4) is 0 Å². The van der Waals surface area contributed by atoms with Crippen LogP contribution in [0.25, 0.3) is 10.1 Å². The van der Waals surface area contributed by atoms with Gasteiger partial charge in [0.25, 0.3) is 5.91 Å². The van der Waals surface area contributed by atoms with Gasteiger partial charge in [0.2, 0.25) is 0 Å². The van der Waals surface area contributed by atoms with Gasteiger partial charge in [-0.05, 0) is 12.0 Å². The summed E-state index contributed by atoms with van der Waals surface area (Å²) in [4.78, 5) is 12.3. The normalized spacial score (nSPS) is 11.2. The van der Waals surface area contributed by atoms with Gasteiger partial charge >= 0.3 is 0 Å². The molecule has 2 heterocycles. The van der Waals surface area contributed by atoms with E-state index in [4.69, 9.17) is 0 Å². The quantitative estimate of drug-likeness (QED) is 0.764. The number of anilines is 1. The predicted octanol–water partition coefficient (Wildman–Crippen LogP) is 4.00. The summed E-state index contributed by atoms with van der Waals surface area (Å²) in [6.07, 6.45) is 0. The van der Waals surface area contributed by atoms with Crippen LogP contribution in [0, 0.1) is 0 Å². The molecule has 0 saturated heterocycles. The molecule has 0 spiro atoms. The molecule has 0 aliphatic carbocycles. The van der Waals surface area contributed by atoms with Crippen molar-refractivity contribution in [3.63, 3.8) is 0 Å². The highest BCUT2D eigenvalue weighted by molar-refractivity contribution is 7.17. The third-order valence-electron chi connectivity index (χ3n) is 3.19. The lowest BCUT2D eigenvalue weighted by Crippen LogP contribution is -2.11. The fourth-order valence-corrected chi connectivity index (χ4v) is 2.97. The molecular formula is C15H15N3OS. The van der Waals surface area contributed by atoms with Gasteiger partial charge in [-0.1, -0.05) is 32.0 Å². The molecule has 1 amide bonds. The van der Waals surface area contributed by atoms with Crippen LogP contribution in [0.2, 0.25) is 0 Å². The van der Waals surface area contributed by atoms with Crippen LogP contribution < -0.4 is 5.32 Å². The molecule has 3 rings (SSSR count). The van der Waals surface area contributed by atoms with E-state index in [0.717, 1.165) is 15.8 Å². The van der Waals surface area contributed by atoms with Crippen molar-refractivity contribution in [2.75, 3.05) is 5.32 Å². The third-order valence-corrected chi connectivity index (χ3v) is 4.15. The number of amides is 1. The van der Waals surface area contributed by atoms with Gasteiger partial charge < -0.3 is 5.32 Å². The van der Waals surface area contributed by atoms with Gasteiger partial charge in [0.15, 0.2) is 5.82 Å². The fourth-order valence-electron chi connectivity index (χ4n) is 2.03. The van der Waals surface area contributed by atoms with Gasteiger partial charge in [-0.25, -0.2) is 0 Å². The van der Waals surface area contributed by atoms with E-state index in [1.807, 2.05) is 35.7 Å². The molecule has 0 radical (unpaired) electrons. The lowest BCUT2D eigenvalue weighted by molar-refractivity contribution is 0.102. The summed E-state index contributed by atoms with van der Waals surface area (Å²) in [5.74, 6) is 0.799. The average molecular weight is 285 g/mol. The first-order chi connectivity index (χ1) is 9.65. The maximum atomic E-state index is 12.3. The highest BCUT2D eigenvalue weighted by Crippen LogP contribution is 2.26. The summed E-state index contributed by atoms with van der Waals surface area (Å²) in [6.45, 7) is 4.15. The van der Waals surface area contributed by atoms with E-state index in [1.54, 1.807) is 11.3 Å². The Morgan fingerprint density at radius 3 is 2.90 bits per heavy atom. The summed E-state index contributed by atoms with van der Waals surface area (Å²) in [5.41, 5.74) is 1.70. The van der Waals surface area contributed by atoms with Crippen LogP contribution in [0.3, 0.4) is 0 Å². The van der Waals surface area contributed by atoms with Gasteiger partial charge in [0, 0.05) is 27.2 Å². The first-order valence-corrected chi connectivity index (χ1v) is 7.36. The van der Waals surface area contributed by atoms with Gasteiger partial charge in [0.1, 0.15) is 0 Å². The summed E-state index contributed by atoms with van der Waals surface area (Å²) in [6, 6.07) is 9.77. The minimum atomic E-state index is -0.121. The summed E-state index contributed by atoms with van der Waals surface area (Å²) in [7, 11) is 0. The Morgan fingerprint density at radius 2 is 2.15 bits per heavy atom. The number of benzene rings is 1.